The van der Waals surface area contributed by atoms with E-state index >= 15 is 0 Å². The minimum Gasteiger partial charge on any atom is -0.496 e. The van der Waals surface area contributed by atoms with E-state index in [0.29, 0.717) is 0 Å². The normalized spacial score (nSPS) is 11.1. The Hall–Kier alpha value is -2.48. The number of halogens is 5. The van der Waals surface area contributed by atoms with E-state index in [0.717, 1.165) is 22.7 Å². The number of methoxy groups -OCH3 is 2. The Bertz CT molecular complexity index is 955. The zero-order valence-corrected chi connectivity index (χ0v) is 15.7. The van der Waals surface area contributed by atoms with Crippen molar-refractivity contribution in [2.75, 3.05) is 14.2 Å². The number of fused-ring (bicyclic) bond motifs is 1. The van der Waals surface area contributed by atoms with E-state index in [-0.39, 0.29) is 33.3 Å². The van der Waals surface area contributed by atoms with Gasteiger partial charge >= 0.3 is 6.18 Å². The van der Waals surface area contributed by atoms with Crippen molar-refractivity contribution in [2.45, 2.75) is 20.0 Å². The van der Waals surface area contributed by atoms with Crippen LogP contribution >= 0.6 is 11.6 Å². The number of aromatic nitrogens is 2. The number of ether oxygens (including phenoxy) is 2. The van der Waals surface area contributed by atoms with E-state index in [9.17, 15) is 17.6 Å². The monoisotopic (exact) mass is 404 g/mol. The summed E-state index contributed by atoms with van der Waals surface area (Å²) in [4.78, 5) is 3.94. The molecule has 0 aliphatic rings. The average molecular weight is 405 g/mol. The lowest BCUT2D eigenvalue weighted by molar-refractivity contribution is -0.142. The molecule has 3 aromatic rings. The van der Waals surface area contributed by atoms with Crippen LogP contribution in [0.4, 0.5) is 17.6 Å². The van der Waals surface area contributed by atoms with Crippen LogP contribution in [-0.4, -0.2) is 23.6 Å². The third-order valence-corrected chi connectivity index (χ3v) is 3.95. The molecule has 4 nitrogen and oxygen atoms in total. The van der Waals surface area contributed by atoms with Gasteiger partial charge in [-0.3, -0.25) is 4.40 Å². The first kappa shape index (κ1) is 20.8. The first-order chi connectivity index (χ1) is 12.8. The highest BCUT2D eigenvalue weighted by Gasteiger charge is 2.36. The summed E-state index contributed by atoms with van der Waals surface area (Å²) in [5.74, 6) is -0.743. The number of hydrogen-bond acceptors (Lipinski definition) is 3. The maximum absolute atomic E-state index is 14.5. The molecule has 0 atom stereocenters. The minimum atomic E-state index is -4.64. The van der Waals surface area contributed by atoms with Gasteiger partial charge in [0.15, 0.2) is 0 Å². The fraction of sp³-hybridized carbons (Fsp3) is 0.278. The van der Waals surface area contributed by atoms with Crippen LogP contribution in [0.2, 0.25) is 5.02 Å². The van der Waals surface area contributed by atoms with Crippen LogP contribution in [0.5, 0.6) is 11.5 Å². The molecule has 0 unspecified atom stereocenters. The van der Waals surface area contributed by atoms with Gasteiger partial charge in [0.25, 0.3) is 0 Å². The van der Waals surface area contributed by atoms with Gasteiger partial charge in [-0.25, -0.2) is 9.37 Å². The number of nitrogens with zero attached hydrogens (tertiary/aromatic N) is 2. The molecule has 0 fully saturated rings. The number of imidazole rings is 1. The van der Waals surface area contributed by atoms with Gasteiger partial charge in [0.05, 0.1) is 24.8 Å². The fourth-order valence-corrected chi connectivity index (χ4v) is 2.80. The fourth-order valence-electron chi connectivity index (χ4n) is 2.57. The second-order valence-electron chi connectivity index (χ2n) is 5.06. The smallest absolute Gasteiger partial charge is 0.431 e. The highest BCUT2D eigenvalue weighted by atomic mass is 35.5. The molecule has 0 spiro atoms. The van der Waals surface area contributed by atoms with Gasteiger partial charge in [0.1, 0.15) is 28.7 Å². The maximum Gasteiger partial charge on any atom is 0.431 e. The van der Waals surface area contributed by atoms with Gasteiger partial charge in [-0.05, 0) is 12.1 Å². The third-order valence-electron chi connectivity index (χ3n) is 3.66. The SMILES string of the molecule is CC.COc1cc(-c2c(OC)cc(C(F)(F)F)n3ccnc23)c(F)cc1Cl. The molecule has 146 valence electrons. The summed E-state index contributed by atoms with van der Waals surface area (Å²) < 4.78 is 65.3. The predicted molar refractivity (Wildman–Crippen MR) is 95.1 cm³/mol. The Kier molecular flexibility index (Phi) is 6.20. The van der Waals surface area contributed by atoms with Gasteiger partial charge < -0.3 is 9.47 Å². The van der Waals surface area contributed by atoms with Crippen molar-refractivity contribution in [3.8, 4) is 22.6 Å². The van der Waals surface area contributed by atoms with Crippen molar-refractivity contribution in [3.63, 3.8) is 0 Å². The molecule has 2 heterocycles. The van der Waals surface area contributed by atoms with Crippen molar-refractivity contribution in [1.82, 2.24) is 9.38 Å². The van der Waals surface area contributed by atoms with Gasteiger partial charge in [0, 0.05) is 24.0 Å². The van der Waals surface area contributed by atoms with E-state index < -0.39 is 17.7 Å². The van der Waals surface area contributed by atoms with Crippen molar-refractivity contribution in [2.24, 2.45) is 0 Å². The highest BCUT2D eigenvalue weighted by Crippen LogP contribution is 2.42. The molecule has 0 amide bonds. The van der Waals surface area contributed by atoms with Crippen molar-refractivity contribution >= 4 is 17.2 Å². The largest absolute Gasteiger partial charge is 0.496 e. The van der Waals surface area contributed by atoms with Crippen molar-refractivity contribution in [1.29, 1.82) is 0 Å². The molecule has 0 saturated heterocycles. The van der Waals surface area contributed by atoms with Gasteiger partial charge in [-0.2, -0.15) is 13.2 Å². The highest BCUT2D eigenvalue weighted by molar-refractivity contribution is 6.32. The Morgan fingerprint density at radius 2 is 1.67 bits per heavy atom. The lowest BCUT2D eigenvalue weighted by Crippen LogP contribution is -2.12. The zero-order valence-electron chi connectivity index (χ0n) is 15.0. The molecular formula is C18H17ClF4N2O2. The molecule has 0 bridgehead atoms. The van der Waals surface area contributed by atoms with Crippen LogP contribution in [-0.2, 0) is 6.18 Å². The minimum absolute atomic E-state index is 0.0361. The Morgan fingerprint density at radius 1 is 1.04 bits per heavy atom. The Balaban J connectivity index is 0.00000126. The van der Waals surface area contributed by atoms with Gasteiger partial charge in [0.2, 0.25) is 0 Å². The summed E-state index contributed by atoms with van der Waals surface area (Å²) >= 11 is 5.88. The van der Waals surface area contributed by atoms with Crippen LogP contribution in [0.1, 0.15) is 19.5 Å². The first-order valence-corrected chi connectivity index (χ1v) is 8.30. The van der Waals surface area contributed by atoms with Crippen molar-refractivity contribution in [3.05, 3.63) is 47.1 Å². The second-order valence-corrected chi connectivity index (χ2v) is 5.47. The quantitative estimate of drug-likeness (QED) is 0.513. The van der Waals surface area contributed by atoms with Gasteiger partial charge in [-0.1, -0.05) is 25.4 Å². The molecule has 9 heteroatoms. The number of rotatable bonds is 3. The standard InChI is InChI=1S/C16H11ClF4N2O2.C2H6/c1-24-11-5-8(10(18)6-9(11)17)14-12(25-2)7-13(16(19,20)21)23-4-3-22-15(14)23;1-2/h3-7H,1-2H3;1-2H3. The topological polar surface area (TPSA) is 35.8 Å². The van der Waals surface area contributed by atoms with Crippen LogP contribution in [0.3, 0.4) is 0 Å². The summed E-state index contributed by atoms with van der Waals surface area (Å²) in [6.45, 7) is 4.00. The van der Waals surface area contributed by atoms with Crippen LogP contribution in [0, 0.1) is 5.82 Å². The molecule has 0 saturated carbocycles. The molecular weight excluding hydrogens is 388 g/mol. The number of pyridine rings is 1. The number of alkyl halides is 3. The number of hydrogen-bond donors (Lipinski definition) is 0. The average Bonchev–Trinajstić information content (AvgIpc) is 3.11. The second kappa shape index (κ2) is 8.04. The Morgan fingerprint density at radius 3 is 2.22 bits per heavy atom. The molecule has 2 aromatic heterocycles. The summed E-state index contributed by atoms with van der Waals surface area (Å²) in [6, 6.07) is 3.11. The van der Waals surface area contributed by atoms with Crippen LogP contribution in [0.15, 0.2) is 30.6 Å². The molecule has 0 radical (unpaired) electrons. The molecule has 0 aliphatic carbocycles. The molecule has 0 N–H and O–H groups in total. The van der Waals surface area contributed by atoms with E-state index in [4.69, 9.17) is 21.1 Å². The van der Waals surface area contributed by atoms with E-state index in [2.05, 4.69) is 4.98 Å². The summed E-state index contributed by atoms with van der Waals surface area (Å²) in [5.41, 5.74) is -1.06. The third kappa shape index (κ3) is 3.80. The maximum atomic E-state index is 14.5. The van der Waals surface area contributed by atoms with E-state index in [1.165, 1.54) is 26.5 Å². The van der Waals surface area contributed by atoms with Crippen LogP contribution < -0.4 is 9.47 Å². The first-order valence-electron chi connectivity index (χ1n) is 7.92. The van der Waals surface area contributed by atoms with E-state index in [1.807, 2.05) is 13.8 Å². The van der Waals surface area contributed by atoms with Crippen molar-refractivity contribution < 1.29 is 27.0 Å². The summed E-state index contributed by atoms with van der Waals surface area (Å²) in [7, 11) is 2.54. The summed E-state index contributed by atoms with van der Waals surface area (Å²) in [5, 5.41) is 0.0361. The lowest BCUT2D eigenvalue weighted by atomic mass is 10.0. The molecule has 3 rings (SSSR count). The van der Waals surface area contributed by atoms with Crippen LogP contribution in [0.25, 0.3) is 16.8 Å². The van der Waals surface area contributed by atoms with E-state index in [1.54, 1.807) is 0 Å². The summed E-state index contributed by atoms with van der Waals surface area (Å²) in [6.07, 6.45) is -2.30. The molecule has 0 aliphatic heterocycles. The Labute approximate surface area is 158 Å². The zero-order chi connectivity index (χ0) is 20.4. The lowest BCUT2D eigenvalue weighted by Gasteiger charge is -2.17. The molecule has 1 aromatic carbocycles. The predicted octanol–water partition coefficient (Wildman–Crippen LogP) is 5.86. The molecule has 27 heavy (non-hydrogen) atoms. The van der Waals surface area contributed by atoms with Gasteiger partial charge in [-0.15, -0.1) is 0 Å². The number of benzene rings is 1.